The number of carboxylic acid groups (broad SMARTS) is 1. The summed E-state index contributed by atoms with van der Waals surface area (Å²) in [7, 11) is 0. The van der Waals surface area contributed by atoms with Gasteiger partial charge in [0, 0.05) is 0 Å². The van der Waals surface area contributed by atoms with Crippen molar-refractivity contribution in [1.29, 1.82) is 0 Å². The van der Waals surface area contributed by atoms with Gasteiger partial charge in [0.1, 0.15) is 16.3 Å². The zero-order chi connectivity index (χ0) is 14.6. The lowest BCUT2D eigenvalue weighted by molar-refractivity contribution is -0.140. The van der Waals surface area contributed by atoms with Crippen LogP contribution in [-0.4, -0.2) is 33.9 Å². The number of pyridine rings is 1. The van der Waals surface area contributed by atoms with E-state index in [1.807, 2.05) is 0 Å². The number of hydrogen-bond donors (Lipinski definition) is 3. The number of amides is 2. The van der Waals surface area contributed by atoms with Crippen LogP contribution in [0.25, 0.3) is 0 Å². The fourth-order valence-corrected chi connectivity index (χ4v) is 1.65. The Labute approximate surface area is 117 Å². The zero-order valence-electron chi connectivity index (χ0n) is 9.39. The summed E-state index contributed by atoms with van der Waals surface area (Å²) in [4.78, 5) is 37.0. The molecule has 0 aliphatic carbocycles. The predicted octanol–water partition coefficient (Wildman–Crippen LogP) is 0.447. The number of carbonyl (C=O) groups excluding carboxylic acids is 2. The topological polar surface area (TPSA) is 122 Å². The lowest BCUT2D eigenvalue weighted by Crippen LogP contribution is -2.43. The molecule has 7 nitrogen and oxygen atoms in total. The normalized spacial score (nSPS) is 11.7. The first kappa shape index (κ1) is 15.2. The maximum absolute atomic E-state index is 11.8. The number of primary amides is 1. The molecule has 0 aliphatic rings. The average Bonchev–Trinajstić information content (AvgIpc) is 2.26. The van der Waals surface area contributed by atoms with Gasteiger partial charge in [-0.15, -0.1) is 0 Å². The monoisotopic (exact) mass is 305 g/mol. The van der Waals surface area contributed by atoms with Gasteiger partial charge in [0.25, 0.3) is 5.91 Å². The number of aliphatic carboxylic acids is 1. The molecule has 0 saturated carbocycles. The van der Waals surface area contributed by atoms with E-state index in [1.54, 1.807) is 0 Å². The Balaban J connectivity index is 2.87. The highest BCUT2D eigenvalue weighted by atomic mass is 35.5. The minimum atomic E-state index is -1.43. The minimum absolute atomic E-state index is 0.0539. The number of rotatable bonds is 5. The fraction of sp³-hybridized carbons (Fsp3) is 0.200. The Bertz CT molecular complexity index is 536. The van der Waals surface area contributed by atoms with Crippen LogP contribution in [0, 0.1) is 0 Å². The van der Waals surface area contributed by atoms with E-state index in [0.717, 1.165) is 0 Å². The summed E-state index contributed by atoms with van der Waals surface area (Å²) < 4.78 is 0. The molecule has 9 heteroatoms. The van der Waals surface area contributed by atoms with E-state index in [0.29, 0.717) is 0 Å². The van der Waals surface area contributed by atoms with Crippen LogP contribution in [0.5, 0.6) is 0 Å². The number of carboxylic acids is 1. The maximum Gasteiger partial charge on any atom is 0.326 e. The van der Waals surface area contributed by atoms with Crippen LogP contribution >= 0.6 is 23.2 Å². The third-order valence-electron chi connectivity index (χ3n) is 2.07. The van der Waals surface area contributed by atoms with E-state index in [2.05, 4.69) is 10.3 Å². The average molecular weight is 306 g/mol. The van der Waals surface area contributed by atoms with Gasteiger partial charge in [0.05, 0.1) is 12.0 Å². The molecule has 0 radical (unpaired) electrons. The van der Waals surface area contributed by atoms with Crippen LogP contribution in [0.1, 0.15) is 16.8 Å². The lowest BCUT2D eigenvalue weighted by atomic mass is 10.2. The smallest absolute Gasteiger partial charge is 0.326 e. The molecule has 0 spiro atoms. The number of nitrogens with two attached hydrogens (primary N) is 1. The van der Waals surface area contributed by atoms with Crippen molar-refractivity contribution in [3.05, 3.63) is 28.0 Å². The van der Waals surface area contributed by atoms with E-state index in [-0.39, 0.29) is 15.9 Å². The molecule has 0 aromatic carbocycles. The van der Waals surface area contributed by atoms with E-state index < -0.39 is 30.2 Å². The summed E-state index contributed by atoms with van der Waals surface area (Å²) in [6, 6.07) is 1.18. The molecule has 1 heterocycles. The molecule has 1 rings (SSSR count). The Morgan fingerprint density at radius 2 is 2.00 bits per heavy atom. The molecule has 0 unspecified atom stereocenters. The van der Waals surface area contributed by atoms with Crippen LogP contribution in [0.4, 0.5) is 0 Å². The third-order valence-corrected chi connectivity index (χ3v) is 2.57. The molecule has 0 saturated heterocycles. The van der Waals surface area contributed by atoms with Gasteiger partial charge in [-0.2, -0.15) is 0 Å². The van der Waals surface area contributed by atoms with Gasteiger partial charge in [0.2, 0.25) is 5.91 Å². The first-order valence-corrected chi connectivity index (χ1v) is 5.71. The van der Waals surface area contributed by atoms with E-state index >= 15 is 0 Å². The van der Waals surface area contributed by atoms with Crippen molar-refractivity contribution in [2.24, 2.45) is 5.73 Å². The van der Waals surface area contributed by atoms with Crippen molar-refractivity contribution < 1.29 is 19.5 Å². The van der Waals surface area contributed by atoms with Crippen LogP contribution < -0.4 is 11.1 Å². The largest absolute Gasteiger partial charge is 0.480 e. The fourth-order valence-electron chi connectivity index (χ4n) is 1.22. The van der Waals surface area contributed by atoms with Crippen molar-refractivity contribution >= 4 is 41.0 Å². The first-order chi connectivity index (χ1) is 8.81. The summed E-state index contributed by atoms with van der Waals surface area (Å²) in [5, 5.41) is 10.9. The van der Waals surface area contributed by atoms with Crippen molar-refractivity contribution in [2.45, 2.75) is 12.5 Å². The molecule has 0 aliphatic heterocycles. The molecule has 0 bridgehead atoms. The van der Waals surface area contributed by atoms with E-state index in [4.69, 9.17) is 34.0 Å². The molecule has 1 aromatic rings. The van der Waals surface area contributed by atoms with Crippen molar-refractivity contribution in [2.75, 3.05) is 0 Å². The van der Waals surface area contributed by atoms with Gasteiger partial charge in [-0.1, -0.05) is 23.2 Å². The number of nitrogens with zero attached hydrogens (tertiary/aromatic N) is 1. The molecular formula is C10H9Cl2N3O4. The van der Waals surface area contributed by atoms with Gasteiger partial charge in [-0.3, -0.25) is 9.59 Å². The lowest BCUT2D eigenvalue weighted by Gasteiger charge is -2.13. The second kappa shape index (κ2) is 6.35. The molecule has 1 aromatic heterocycles. The Morgan fingerprint density at radius 1 is 1.37 bits per heavy atom. The number of hydrogen-bond acceptors (Lipinski definition) is 4. The molecule has 19 heavy (non-hydrogen) atoms. The highest BCUT2D eigenvalue weighted by Crippen LogP contribution is 2.16. The molecule has 2 amide bonds. The Morgan fingerprint density at radius 3 is 2.47 bits per heavy atom. The summed E-state index contributed by atoms with van der Waals surface area (Å²) in [5.74, 6) is -3.03. The first-order valence-electron chi connectivity index (χ1n) is 4.95. The predicted molar refractivity (Wildman–Crippen MR) is 67.0 cm³/mol. The number of aromatic nitrogens is 1. The van der Waals surface area contributed by atoms with Crippen molar-refractivity contribution in [3.8, 4) is 0 Å². The summed E-state index contributed by atoms with van der Waals surface area (Å²) in [6.07, 6.45) is -0.528. The molecular weight excluding hydrogens is 297 g/mol. The van der Waals surface area contributed by atoms with Crippen LogP contribution in [0.3, 0.4) is 0 Å². The highest BCUT2D eigenvalue weighted by molar-refractivity contribution is 6.34. The molecule has 102 valence electrons. The van der Waals surface area contributed by atoms with Crippen LogP contribution in [0.15, 0.2) is 12.1 Å². The number of nitrogens with one attached hydrogen (secondary N) is 1. The zero-order valence-corrected chi connectivity index (χ0v) is 10.9. The SMILES string of the molecule is NC(=O)C[C@@H](NC(=O)c1ccc(Cl)nc1Cl)C(=O)O. The minimum Gasteiger partial charge on any atom is -0.480 e. The van der Waals surface area contributed by atoms with Gasteiger partial charge < -0.3 is 16.2 Å². The van der Waals surface area contributed by atoms with Crippen molar-refractivity contribution in [3.63, 3.8) is 0 Å². The summed E-state index contributed by atoms with van der Waals surface area (Å²) in [6.45, 7) is 0. The quantitative estimate of drug-likeness (QED) is 0.681. The summed E-state index contributed by atoms with van der Waals surface area (Å²) in [5.41, 5.74) is 4.83. The number of halogens is 2. The van der Waals surface area contributed by atoms with Crippen molar-refractivity contribution in [1.82, 2.24) is 10.3 Å². The molecule has 1 atom stereocenters. The van der Waals surface area contributed by atoms with Gasteiger partial charge in [-0.05, 0) is 12.1 Å². The second-order valence-corrected chi connectivity index (χ2v) is 4.25. The maximum atomic E-state index is 11.8. The van der Waals surface area contributed by atoms with E-state index in [1.165, 1.54) is 12.1 Å². The van der Waals surface area contributed by atoms with Crippen LogP contribution in [0.2, 0.25) is 10.3 Å². The molecule has 4 N–H and O–H groups in total. The Hall–Kier alpha value is -1.86. The van der Waals surface area contributed by atoms with Gasteiger partial charge in [0.15, 0.2) is 0 Å². The molecule has 0 fully saturated rings. The third kappa shape index (κ3) is 4.38. The summed E-state index contributed by atoms with van der Waals surface area (Å²) >= 11 is 11.3. The Kier molecular flexibility index (Phi) is 5.08. The second-order valence-electron chi connectivity index (χ2n) is 3.51. The van der Waals surface area contributed by atoms with Gasteiger partial charge >= 0.3 is 5.97 Å². The standard InChI is InChI=1S/C10H9Cl2N3O4/c11-6-2-1-4(8(12)15-6)9(17)14-5(10(18)19)3-7(13)16/h1-2,5H,3H2,(H2,13,16)(H,14,17)(H,18,19)/t5-/m1/s1. The highest BCUT2D eigenvalue weighted by Gasteiger charge is 2.24. The number of carbonyl (C=O) groups is 3. The van der Waals surface area contributed by atoms with Gasteiger partial charge in [-0.25, -0.2) is 9.78 Å². The van der Waals surface area contributed by atoms with Crippen LogP contribution in [-0.2, 0) is 9.59 Å². The van der Waals surface area contributed by atoms with E-state index in [9.17, 15) is 14.4 Å².